The van der Waals surface area contributed by atoms with Gasteiger partial charge in [0, 0.05) is 12.6 Å². The lowest BCUT2D eigenvalue weighted by atomic mass is 10.1. The highest BCUT2D eigenvalue weighted by atomic mass is 16.5. The zero-order valence-electron chi connectivity index (χ0n) is 11.7. The third kappa shape index (κ3) is 6.62. The minimum atomic E-state index is 0.536. The summed E-state index contributed by atoms with van der Waals surface area (Å²) in [6, 6.07) is 10.3. The van der Waals surface area contributed by atoms with Crippen molar-refractivity contribution >= 4 is 0 Å². The van der Waals surface area contributed by atoms with Crippen LogP contribution in [0.1, 0.15) is 20.8 Å². The van der Waals surface area contributed by atoms with Gasteiger partial charge in [-0.05, 0) is 25.0 Å². The highest BCUT2D eigenvalue weighted by Gasteiger charge is 2.04. The van der Waals surface area contributed by atoms with Crippen LogP contribution in [0.3, 0.4) is 0 Å². The molecule has 0 heterocycles. The Bertz CT molecular complexity index is 301. The molecule has 18 heavy (non-hydrogen) atoms. The van der Waals surface area contributed by atoms with Gasteiger partial charge in [0.15, 0.2) is 0 Å². The van der Waals surface area contributed by atoms with E-state index in [0.717, 1.165) is 18.9 Å². The molecule has 102 valence electrons. The highest BCUT2D eigenvalue weighted by molar-refractivity contribution is 5.20. The molecule has 0 saturated carbocycles. The molecule has 0 spiro atoms. The Morgan fingerprint density at radius 2 is 1.72 bits per heavy atom. The van der Waals surface area contributed by atoms with E-state index in [1.807, 2.05) is 30.3 Å². The zero-order chi connectivity index (χ0) is 13.2. The van der Waals surface area contributed by atoms with E-state index in [1.54, 1.807) is 0 Å². The van der Waals surface area contributed by atoms with Crippen LogP contribution in [0.2, 0.25) is 0 Å². The smallest absolute Gasteiger partial charge is 0.119 e. The Morgan fingerprint density at radius 3 is 2.39 bits per heavy atom. The second-order valence-corrected chi connectivity index (χ2v) is 4.76. The molecule has 1 N–H and O–H groups in total. The van der Waals surface area contributed by atoms with Crippen molar-refractivity contribution < 1.29 is 9.47 Å². The van der Waals surface area contributed by atoms with Gasteiger partial charge >= 0.3 is 0 Å². The monoisotopic (exact) mass is 251 g/mol. The molecule has 1 rings (SSSR count). The second kappa shape index (κ2) is 8.95. The van der Waals surface area contributed by atoms with Gasteiger partial charge in [0.25, 0.3) is 0 Å². The molecule has 0 radical (unpaired) electrons. The fourth-order valence-electron chi connectivity index (χ4n) is 1.43. The van der Waals surface area contributed by atoms with Crippen LogP contribution < -0.4 is 10.1 Å². The Kier molecular flexibility index (Phi) is 7.46. The van der Waals surface area contributed by atoms with Crippen molar-refractivity contribution in [2.45, 2.75) is 26.8 Å². The summed E-state index contributed by atoms with van der Waals surface area (Å²) < 4.78 is 11.0. The maximum Gasteiger partial charge on any atom is 0.119 e. The average molecular weight is 251 g/mol. The molecule has 0 amide bonds. The molecule has 0 aliphatic carbocycles. The molecular weight excluding hydrogens is 226 g/mol. The summed E-state index contributed by atoms with van der Waals surface area (Å²) in [5.74, 6) is 1.55. The summed E-state index contributed by atoms with van der Waals surface area (Å²) in [5.41, 5.74) is 0. The molecule has 3 nitrogen and oxygen atoms in total. The quantitative estimate of drug-likeness (QED) is 0.685. The van der Waals surface area contributed by atoms with Crippen LogP contribution in [0.5, 0.6) is 5.75 Å². The van der Waals surface area contributed by atoms with E-state index in [1.165, 1.54) is 0 Å². The summed E-state index contributed by atoms with van der Waals surface area (Å²) in [5, 5.41) is 3.42. The van der Waals surface area contributed by atoms with Crippen LogP contribution in [-0.2, 0) is 4.74 Å². The standard InChI is InChI=1S/C15H25NO2/c1-13(2)14(3)16-9-10-17-11-12-18-15-7-5-4-6-8-15/h4-8,13-14,16H,9-12H2,1-3H3. The molecule has 1 aromatic carbocycles. The Morgan fingerprint density at radius 1 is 1.00 bits per heavy atom. The topological polar surface area (TPSA) is 30.5 Å². The van der Waals surface area contributed by atoms with E-state index in [-0.39, 0.29) is 0 Å². The van der Waals surface area contributed by atoms with Gasteiger partial charge in [-0.1, -0.05) is 32.0 Å². The molecular formula is C15H25NO2. The van der Waals surface area contributed by atoms with Crippen LogP contribution in [0, 0.1) is 5.92 Å². The van der Waals surface area contributed by atoms with E-state index < -0.39 is 0 Å². The number of nitrogens with one attached hydrogen (secondary N) is 1. The fraction of sp³-hybridized carbons (Fsp3) is 0.600. The Hall–Kier alpha value is -1.06. The number of ether oxygens (including phenoxy) is 2. The molecule has 0 saturated heterocycles. The van der Waals surface area contributed by atoms with Crippen molar-refractivity contribution in [2.24, 2.45) is 5.92 Å². The summed E-state index contributed by atoms with van der Waals surface area (Å²) in [4.78, 5) is 0. The van der Waals surface area contributed by atoms with Crippen molar-refractivity contribution in [1.82, 2.24) is 5.32 Å². The normalized spacial score (nSPS) is 12.7. The molecule has 0 aromatic heterocycles. The predicted molar refractivity (Wildman–Crippen MR) is 75.1 cm³/mol. The molecule has 1 unspecified atom stereocenters. The number of benzene rings is 1. The van der Waals surface area contributed by atoms with E-state index in [4.69, 9.17) is 9.47 Å². The van der Waals surface area contributed by atoms with Crippen molar-refractivity contribution in [3.63, 3.8) is 0 Å². The number of para-hydroxylation sites is 1. The fourth-order valence-corrected chi connectivity index (χ4v) is 1.43. The third-order valence-electron chi connectivity index (χ3n) is 2.95. The maximum absolute atomic E-state index is 5.53. The summed E-state index contributed by atoms with van der Waals surface area (Å²) in [6.45, 7) is 9.48. The van der Waals surface area contributed by atoms with Crippen LogP contribution >= 0.6 is 0 Å². The lowest BCUT2D eigenvalue weighted by Gasteiger charge is -2.17. The van der Waals surface area contributed by atoms with E-state index >= 15 is 0 Å². The first-order valence-corrected chi connectivity index (χ1v) is 6.69. The number of hydrogen-bond acceptors (Lipinski definition) is 3. The van der Waals surface area contributed by atoms with Gasteiger partial charge in [-0.3, -0.25) is 0 Å². The summed E-state index contributed by atoms with van der Waals surface area (Å²) in [6.07, 6.45) is 0. The van der Waals surface area contributed by atoms with Crippen molar-refractivity contribution in [2.75, 3.05) is 26.4 Å². The first kappa shape index (κ1) is 15.0. The van der Waals surface area contributed by atoms with Gasteiger partial charge in [-0.2, -0.15) is 0 Å². The lowest BCUT2D eigenvalue weighted by molar-refractivity contribution is 0.0996. The van der Waals surface area contributed by atoms with Crippen LogP contribution in [-0.4, -0.2) is 32.4 Å². The van der Waals surface area contributed by atoms with Crippen molar-refractivity contribution in [3.05, 3.63) is 30.3 Å². The number of rotatable bonds is 9. The SMILES string of the molecule is CC(C)C(C)NCCOCCOc1ccccc1. The molecule has 1 atom stereocenters. The van der Waals surface area contributed by atoms with Crippen LogP contribution in [0.4, 0.5) is 0 Å². The highest BCUT2D eigenvalue weighted by Crippen LogP contribution is 2.07. The van der Waals surface area contributed by atoms with Crippen LogP contribution in [0.15, 0.2) is 30.3 Å². The van der Waals surface area contributed by atoms with Gasteiger partial charge in [-0.25, -0.2) is 0 Å². The van der Waals surface area contributed by atoms with Crippen molar-refractivity contribution in [1.29, 1.82) is 0 Å². The molecule has 0 aliphatic heterocycles. The second-order valence-electron chi connectivity index (χ2n) is 4.76. The van der Waals surface area contributed by atoms with Gasteiger partial charge in [-0.15, -0.1) is 0 Å². The first-order chi connectivity index (χ1) is 8.70. The van der Waals surface area contributed by atoms with E-state index in [2.05, 4.69) is 26.1 Å². The van der Waals surface area contributed by atoms with Gasteiger partial charge in [0.05, 0.1) is 13.2 Å². The minimum Gasteiger partial charge on any atom is -0.491 e. The van der Waals surface area contributed by atoms with Crippen molar-refractivity contribution in [3.8, 4) is 5.75 Å². The average Bonchev–Trinajstić information content (AvgIpc) is 2.38. The van der Waals surface area contributed by atoms with Gasteiger partial charge < -0.3 is 14.8 Å². The predicted octanol–water partition coefficient (Wildman–Crippen LogP) is 2.72. The number of hydrogen-bond donors (Lipinski definition) is 1. The van der Waals surface area contributed by atoms with E-state index in [9.17, 15) is 0 Å². The molecule has 1 aromatic rings. The molecule has 0 aliphatic rings. The summed E-state index contributed by atoms with van der Waals surface area (Å²) >= 11 is 0. The zero-order valence-corrected chi connectivity index (χ0v) is 11.7. The summed E-state index contributed by atoms with van der Waals surface area (Å²) in [7, 11) is 0. The van der Waals surface area contributed by atoms with E-state index in [0.29, 0.717) is 25.2 Å². The molecule has 0 fully saturated rings. The van der Waals surface area contributed by atoms with Gasteiger partial charge in [0.2, 0.25) is 0 Å². The first-order valence-electron chi connectivity index (χ1n) is 6.69. The molecule has 3 heteroatoms. The van der Waals surface area contributed by atoms with Crippen LogP contribution in [0.25, 0.3) is 0 Å². The molecule has 0 bridgehead atoms. The lowest BCUT2D eigenvalue weighted by Crippen LogP contribution is -2.33. The maximum atomic E-state index is 5.53. The largest absolute Gasteiger partial charge is 0.491 e. The third-order valence-corrected chi connectivity index (χ3v) is 2.95. The Balaban J connectivity index is 1.93. The van der Waals surface area contributed by atoms with Gasteiger partial charge in [0.1, 0.15) is 12.4 Å². The minimum absolute atomic E-state index is 0.536. The Labute approximate surface area is 110 Å².